The average Bonchev–Trinajstić information content (AvgIpc) is 2.52. The summed E-state index contributed by atoms with van der Waals surface area (Å²) in [5, 5.41) is 3.24. The molecule has 7 heteroatoms. The molecular formula is C8H11F3N2S2. The van der Waals surface area contributed by atoms with Crippen LogP contribution in [0.4, 0.5) is 18.3 Å². The maximum Gasteiger partial charge on any atom is 0.427 e. The average molecular weight is 256 g/mol. The number of hydrogen-bond donors (Lipinski definition) is 1. The third kappa shape index (κ3) is 3.90. The Bertz CT molecular complexity index is 311. The number of aromatic nitrogens is 1. The molecule has 1 atom stereocenters. The zero-order chi connectivity index (χ0) is 11.5. The Morgan fingerprint density at radius 1 is 1.60 bits per heavy atom. The molecule has 86 valence electrons. The predicted molar refractivity (Wildman–Crippen MR) is 58.6 cm³/mol. The second-order valence-corrected chi connectivity index (χ2v) is 4.97. The van der Waals surface area contributed by atoms with E-state index in [2.05, 4.69) is 10.3 Å². The highest BCUT2D eigenvalue weighted by molar-refractivity contribution is 7.98. The standard InChI is InChI=1S/C8H11F3N2S2/c1-5(4-14-2)13-7-12-3-6(15-7)8(9,10)11/h3,5H,4H2,1-2H3,(H,12,13). The van der Waals surface area contributed by atoms with Gasteiger partial charge in [-0.15, -0.1) is 0 Å². The van der Waals surface area contributed by atoms with E-state index in [0.717, 1.165) is 11.9 Å². The van der Waals surface area contributed by atoms with Gasteiger partial charge in [0, 0.05) is 11.8 Å². The molecular weight excluding hydrogens is 245 g/mol. The molecule has 1 aromatic heterocycles. The van der Waals surface area contributed by atoms with E-state index in [-0.39, 0.29) is 6.04 Å². The fraction of sp³-hybridized carbons (Fsp3) is 0.625. The van der Waals surface area contributed by atoms with E-state index < -0.39 is 11.1 Å². The number of nitrogens with zero attached hydrogens (tertiary/aromatic N) is 1. The molecule has 0 aliphatic rings. The van der Waals surface area contributed by atoms with Crippen molar-refractivity contribution in [1.29, 1.82) is 0 Å². The Morgan fingerprint density at radius 3 is 2.73 bits per heavy atom. The van der Waals surface area contributed by atoms with E-state index in [1.165, 1.54) is 0 Å². The molecule has 1 N–H and O–H groups in total. The van der Waals surface area contributed by atoms with Gasteiger partial charge in [-0.25, -0.2) is 4.98 Å². The van der Waals surface area contributed by atoms with Crippen molar-refractivity contribution in [3.8, 4) is 0 Å². The van der Waals surface area contributed by atoms with Gasteiger partial charge in [-0.1, -0.05) is 11.3 Å². The largest absolute Gasteiger partial charge is 0.427 e. The summed E-state index contributed by atoms with van der Waals surface area (Å²) in [4.78, 5) is 3.02. The first kappa shape index (κ1) is 12.6. The normalized spacial score (nSPS) is 13.9. The predicted octanol–water partition coefficient (Wildman–Crippen LogP) is 3.33. The van der Waals surface area contributed by atoms with Crippen LogP contribution in [0.3, 0.4) is 0 Å². The molecule has 1 rings (SSSR count). The van der Waals surface area contributed by atoms with Crippen molar-refractivity contribution >= 4 is 28.2 Å². The smallest absolute Gasteiger partial charge is 0.358 e. The zero-order valence-corrected chi connectivity index (χ0v) is 9.89. The quantitative estimate of drug-likeness (QED) is 0.894. The van der Waals surface area contributed by atoms with Crippen LogP contribution in [0.1, 0.15) is 11.8 Å². The maximum absolute atomic E-state index is 12.2. The lowest BCUT2D eigenvalue weighted by molar-refractivity contribution is -0.134. The number of halogens is 3. The first-order chi connectivity index (χ1) is 6.93. The number of thioether (sulfide) groups is 1. The van der Waals surface area contributed by atoms with Gasteiger partial charge < -0.3 is 5.32 Å². The number of anilines is 1. The van der Waals surface area contributed by atoms with Crippen molar-refractivity contribution in [2.24, 2.45) is 0 Å². The highest BCUT2D eigenvalue weighted by Gasteiger charge is 2.33. The van der Waals surface area contributed by atoms with Crippen molar-refractivity contribution in [3.63, 3.8) is 0 Å². The molecule has 0 amide bonds. The van der Waals surface area contributed by atoms with Gasteiger partial charge in [0.2, 0.25) is 0 Å². The Morgan fingerprint density at radius 2 is 2.27 bits per heavy atom. The van der Waals surface area contributed by atoms with Crippen LogP contribution in [0, 0.1) is 0 Å². The minimum atomic E-state index is -4.29. The molecule has 1 aromatic rings. The van der Waals surface area contributed by atoms with Gasteiger partial charge in [0.25, 0.3) is 0 Å². The molecule has 0 saturated carbocycles. The van der Waals surface area contributed by atoms with Crippen LogP contribution in [-0.4, -0.2) is 23.0 Å². The summed E-state index contributed by atoms with van der Waals surface area (Å²) in [5.41, 5.74) is 0. The first-order valence-corrected chi connectivity index (χ1v) is 6.43. The molecule has 15 heavy (non-hydrogen) atoms. The van der Waals surface area contributed by atoms with Crippen LogP contribution in [0.5, 0.6) is 0 Å². The van der Waals surface area contributed by atoms with Crippen molar-refractivity contribution in [2.45, 2.75) is 19.1 Å². The molecule has 2 nitrogen and oxygen atoms in total. The highest BCUT2D eigenvalue weighted by atomic mass is 32.2. The molecule has 0 aromatic carbocycles. The minimum absolute atomic E-state index is 0.118. The molecule has 1 heterocycles. The summed E-state index contributed by atoms with van der Waals surface area (Å²) >= 11 is 2.27. The highest BCUT2D eigenvalue weighted by Crippen LogP contribution is 2.35. The van der Waals surface area contributed by atoms with Gasteiger partial charge in [-0.3, -0.25) is 0 Å². The molecule has 1 unspecified atom stereocenters. The number of rotatable bonds is 4. The summed E-state index contributed by atoms with van der Waals surface area (Å²) in [7, 11) is 0. The molecule has 0 aliphatic carbocycles. The van der Waals surface area contributed by atoms with E-state index in [0.29, 0.717) is 16.5 Å². The summed E-state index contributed by atoms with van der Waals surface area (Å²) in [6.07, 6.45) is -1.49. The third-order valence-corrected chi connectivity index (χ3v) is 3.38. The molecule has 0 aliphatic heterocycles. The lowest BCUT2D eigenvalue weighted by Crippen LogP contribution is -2.17. The summed E-state index contributed by atoms with van der Waals surface area (Å²) < 4.78 is 36.7. The van der Waals surface area contributed by atoms with Crippen LogP contribution >= 0.6 is 23.1 Å². The van der Waals surface area contributed by atoms with Gasteiger partial charge in [-0.05, 0) is 13.2 Å². The molecule has 0 fully saturated rings. The van der Waals surface area contributed by atoms with E-state index in [9.17, 15) is 13.2 Å². The van der Waals surface area contributed by atoms with E-state index in [1.807, 2.05) is 13.2 Å². The fourth-order valence-corrected chi connectivity index (χ4v) is 2.35. The number of hydrogen-bond acceptors (Lipinski definition) is 4. The SMILES string of the molecule is CSCC(C)Nc1ncc(C(F)(F)F)s1. The molecule has 0 radical (unpaired) electrons. The molecule has 0 saturated heterocycles. The van der Waals surface area contributed by atoms with Gasteiger partial charge >= 0.3 is 6.18 Å². The Hall–Kier alpha value is -0.430. The maximum atomic E-state index is 12.2. The van der Waals surface area contributed by atoms with Gasteiger partial charge in [-0.2, -0.15) is 24.9 Å². The molecule has 0 spiro atoms. The topological polar surface area (TPSA) is 24.9 Å². The lowest BCUT2D eigenvalue weighted by Gasteiger charge is -2.10. The number of nitrogens with one attached hydrogen (secondary N) is 1. The van der Waals surface area contributed by atoms with Gasteiger partial charge in [0.05, 0.1) is 6.20 Å². The van der Waals surface area contributed by atoms with Crippen LogP contribution < -0.4 is 5.32 Å². The van der Waals surface area contributed by atoms with Gasteiger partial charge in [0.15, 0.2) is 5.13 Å². The Balaban J connectivity index is 2.61. The van der Waals surface area contributed by atoms with Crippen molar-refractivity contribution in [2.75, 3.05) is 17.3 Å². The molecule has 0 bridgehead atoms. The summed E-state index contributed by atoms with van der Waals surface area (Å²) in [6, 6.07) is 0.118. The monoisotopic (exact) mass is 256 g/mol. The van der Waals surface area contributed by atoms with Crippen molar-refractivity contribution < 1.29 is 13.2 Å². The van der Waals surface area contributed by atoms with E-state index in [1.54, 1.807) is 11.8 Å². The van der Waals surface area contributed by atoms with Crippen LogP contribution in [-0.2, 0) is 6.18 Å². The Labute approximate surface area is 94.3 Å². The van der Waals surface area contributed by atoms with Gasteiger partial charge in [0.1, 0.15) is 4.88 Å². The Kier molecular flexibility index (Phi) is 4.27. The van der Waals surface area contributed by atoms with Crippen molar-refractivity contribution in [3.05, 3.63) is 11.1 Å². The summed E-state index contributed by atoms with van der Waals surface area (Å²) in [6.45, 7) is 1.91. The number of alkyl halides is 3. The lowest BCUT2D eigenvalue weighted by atomic mass is 10.4. The van der Waals surface area contributed by atoms with Crippen LogP contribution in [0.25, 0.3) is 0 Å². The third-order valence-electron chi connectivity index (χ3n) is 1.57. The van der Waals surface area contributed by atoms with Crippen LogP contribution in [0.15, 0.2) is 6.20 Å². The zero-order valence-electron chi connectivity index (χ0n) is 8.26. The summed E-state index contributed by atoms with van der Waals surface area (Å²) in [5.74, 6) is 0.834. The fourth-order valence-electron chi connectivity index (χ4n) is 0.974. The first-order valence-electron chi connectivity index (χ1n) is 4.22. The minimum Gasteiger partial charge on any atom is -0.358 e. The van der Waals surface area contributed by atoms with Crippen LogP contribution in [0.2, 0.25) is 0 Å². The van der Waals surface area contributed by atoms with Crippen molar-refractivity contribution in [1.82, 2.24) is 4.98 Å². The number of thiazole rings is 1. The second kappa shape index (κ2) is 5.07. The van der Waals surface area contributed by atoms with E-state index in [4.69, 9.17) is 0 Å². The van der Waals surface area contributed by atoms with E-state index >= 15 is 0 Å². The second-order valence-electron chi connectivity index (χ2n) is 3.03.